The number of hydrogen-bond donors (Lipinski definition) is 2. The highest BCUT2D eigenvalue weighted by Gasteiger charge is 2.27. The lowest BCUT2D eigenvalue weighted by atomic mass is 9.74. The summed E-state index contributed by atoms with van der Waals surface area (Å²) >= 11 is 0. The van der Waals surface area contributed by atoms with Gasteiger partial charge in [-0.2, -0.15) is 0 Å². The number of rotatable bonds is 0. The first-order valence-electron chi connectivity index (χ1n) is 4.45. The van der Waals surface area contributed by atoms with Crippen LogP contribution in [0.5, 0.6) is 0 Å². The molecule has 0 amide bonds. The van der Waals surface area contributed by atoms with Gasteiger partial charge >= 0.3 is 0 Å². The Hall–Kier alpha value is -0.790. The van der Waals surface area contributed by atoms with E-state index in [1.54, 1.807) is 0 Å². The predicted molar refractivity (Wildman–Crippen MR) is 52.2 cm³/mol. The lowest BCUT2D eigenvalue weighted by molar-refractivity contribution is 0.337. The highest BCUT2D eigenvalue weighted by molar-refractivity contribution is 5.99. The Morgan fingerprint density at radius 3 is 2.50 bits per heavy atom. The minimum Gasteiger partial charge on any atom is -0.402 e. The average molecular weight is 166 g/mol. The maximum absolute atomic E-state index is 7.79. The van der Waals surface area contributed by atoms with E-state index in [0.717, 1.165) is 36.2 Å². The molecule has 0 heterocycles. The minimum atomic E-state index is 0.302. The molecule has 0 radical (unpaired) electrons. The van der Waals surface area contributed by atoms with Crippen molar-refractivity contribution in [3.8, 4) is 0 Å². The standard InChI is InChI=1S/C10H18N2/c1-7(11)8-4-5-10(2,3)6-9(8)12/h12H,4-6,11H2,1-3H3. The third-order valence-electron chi connectivity index (χ3n) is 2.55. The van der Waals surface area contributed by atoms with Gasteiger partial charge in [0.15, 0.2) is 0 Å². The van der Waals surface area contributed by atoms with Crippen molar-refractivity contribution in [1.82, 2.24) is 0 Å². The molecule has 0 aliphatic heterocycles. The molecule has 1 fully saturated rings. The van der Waals surface area contributed by atoms with Gasteiger partial charge in [0, 0.05) is 11.4 Å². The first-order valence-corrected chi connectivity index (χ1v) is 4.45. The van der Waals surface area contributed by atoms with E-state index in [-0.39, 0.29) is 0 Å². The van der Waals surface area contributed by atoms with Crippen molar-refractivity contribution < 1.29 is 0 Å². The third-order valence-corrected chi connectivity index (χ3v) is 2.55. The monoisotopic (exact) mass is 166 g/mol. The van der Waals surface area contributed by atoms with Crippen LogP contribution in [0.3, 0.4) is 0 Å². The fraction of sp³-hybridized carbons (Fsp3) is 0.700. The summed E-state index contributed by atoms with van der Waals surface area (Å²) in [6.45, 7) is 6.32. The van der Waals surface area contributed by atoms with E-state index in [2.05, 4.69) is 13.8 Å². The second-order valence-corrected chi connectivity index (χ2v) is 4.48. The first kappa shape index (κ1) is 9.30. The van der Waals surface area contributed by atoms with Gasteiger partial charge in [-0.3, -0.25) is 0 Å². The molecule has 1 aliphatic carbocycles. The molecular formula is C10H18N2. The maximum Gasteiger partial charge on any atom is 0.0368 e. The summed E-state index contributed by atoms with van der Waals surface area (Å²) in [6.07, 6.45) is 3.00. The van der Waals surface area contributed by atoms with Crippen LogP contribution in [0.15, 0.2) is 11.3 Å². The third kappa shape index (κ3) is 1.87. The van der Waals surface area contributed by atoms with E-state index in [1.807, 2.05) is 6.92 Å². The Bertz CT molecular complexity index is 232. The van der Waals surface area contributed by atoms with Gasteiger partial charge in [0.05, 0.1) is 0 Å². The number of nitrogens with one attached hydrogen (secondary N) is 1. The van der Waals surface area contributed by atoms with E-state index in [4.69, 9.17) is 11.1 Å². The average Bonchev–Trinajstić information content (AvgIpc) is 1.83. The molecule has 0 bridgehead atoms. The van der Waals surface area contributed by atoms with Crippen LogP contribution in [0.25, 0.3) is 0 Å². The number of allylic oxidation sites excluding steroid dienone is 2. The fourth-order valence-corrected chi connectivity index (χ4v) is 1.72. The van der Waals surface area contributed by atoms with Crippen molar-refractivity contribution in [2.24, 2.45) is 11.1 Å². The highest BCUT2D eigenvalue weighted by atomic mass is 14.6. The molecule has 2 heteroatoms. The van der Waals surface area contributed by atoms with E-state index < -0.39 is 0 Å². The molecule has 0 spiro atoms. The van der Waals surface area contributed by atoms with Gasteiger partial charge < -0.3 is 11.1 Å². The Labute approximate surface area is 74.4 Å². The Morgan fingerprint density at radius 1 is 1.50 bits per heavy atom. The van der Waals surface area contributed by atoms with E-state index in [0.29, 0.717) is 5.41 Å². The zero-order valence-electron chi connectivity index (χ0n) is 8.20. The second-order valence-electron chi connectivity index (χ2n) is 4.48. The lowest BCUT2D eigenvalue weighted by Crippen LogP contribution is -2.25. The van der Waals surface area contributed by atoms with Crippen molar-refractivity contribution in [2.75, 3.05) is 0 Å². The molecule has 0 aromatic heterocycles. The molecule has 0 saturated heterocycles. The number of nitrogens with two attached hydrogens (primary N) is 1. The molecule has 68 valence electrons. The van der Waals surface area contributed by atoms with Crippen LogP contribution in [-0.2, 0) is 0 Å². The van der Waals surface area contributed by atoms with Gasteiger partial charge in [0.25, 0.3) is 0 Å². The van der Waals surface area contributed by atoms with Crippen molar-refractivity contribution in [2.45, 2.75) is 40.0 Å². The van der Waals surface area contributed by atoms with Gasteiger partial charge in [0.2, 0.25) is 0 Å². The topological polar surface area (TPSA) is 49.9 Å². The number of hydrogen-bond acceptors (Lipinski definition) is 2. The SMILES string of the molecule is CC(N)=C1CCC(C)(C)CC1=N. The fourth-order valence-electron chi connectivity index (χ4n) is 1.72. The van der Waals surface area contributed by atoms with Crippen molar-refractivity contribution in [3.05, 3.63) is 11.3 Å². The molecule has 1 rings (SSSR count). The smallest absolute Gasteiger partial charge is 0.0368 e. The van der Waals surface area contributed by atoms with E-state index >= 15 is 0 Å². The van der Waals surface area contributed by atoms with Gasteiger partial charge in [-0.25, -0.2) is 0 Å². The minimum absolute atomic E-state index is 0.302. The highest BCUT2D eigenvalue weighted by Crippen LogP contribution is 2.36. The summed E-state index contributed by atoms with van der Waals surface area (Å²) in [6, 6.07) is 0. The van der Waals surface area contributed by atoms with Crippen LogP contribution in [0.2, 0.25) is 0 Å². The molecule has 0 atom stereocenters. The zero-order chi connectivity index (χ0) is 9.35. The van der Waals surface area contributed by atoms with Crippen LogP contribution in [0, 0.1) is 10.8 Å². The van der Waals surface area contributed by atoms with Crippen LogP contribution < -0.4 is 5.73 Å². The van der Waals surface area contributed by atoms with Crippen molar-refractivity contribution in [1.29, 1.82) is 5.41 Å². The van der Waals surface area contributed by atoms with Crippen LogP contribution in [0.1, 0.15) is 40.0 Å². The summed E-state index contributed by atoms with van der Waals surface area (Å²) in [4.78, 5) is 0. The Morgan fingerprint density at radius 2 is 2.08 bits per heavy atom. The van der Waals surface area contributed by atoms with Gasteiger partial charge in [-0.05, 0) is 37.2 Å². The summed E-state index contributed by atoms with van der Waals surface area (Å²) in [5.74, 6) is 0. The molecule has 0 unspecified atom stereocenters. The van der Waals surface area contributed by atoms with Crippen LogP contribution >= 0.6 is 0 Å². The van der Waals surface area contributed by atoms with Crippen LogP contribution in [0.4, 0.5) is 0 Å². The van der Waals surface area contributed by atoms with Crippen LogP contribution in [-0.4, -0.2) is 5.71 Å². The molecule has 1 saturated carbocycles. The molecule has 3 N–H and O–H groups in total. The molecular weight excluding hydrogens is 148 g/mol. The molecule has 12 heavy (non-hydrogen) atoms. The lowest BCUT2D eigenvalue weighted by Gasteiger charge is -2.31. The summed E-state index contributed by atoms with van der Waals surface area (Å²) in [7, 11) is 0. The van der Waals surface area contributed by atoms with Crippen molar-refractivity contribution >= 4 is 5.71 Å². The Kier molecular flexibility index (Phi) is 2.27. The van der Waals surface area contributed by atoms with E-state index in [9.17, 15) is 0 Å². The molecule has 0 aromatic rings. The molecule has 2 nitrogen and oxygen atoms in total. The second kappa shape index (κ2) is 2.92. The summed E-state index contributed by atoms with van der Waals surface area (Å²) < 4.78 is 0. The molecule has 1 aliphatic rings. The van der Waals surface area contributed by atoms with Gasteiger partial charge in [-0.15, -0.1) is 0 Å². The normalized spacial score (nSPS) is 27.1. The van der Waals surface area contributed by atoms with Crippen molar-refractivity contribution in [3.63, 3.8) is 0 Å². The van der Waals surface area contributed by atoms with Gasteiger partial charge in [-0.1, -0.05) is 13.8 Å². The molecule has 0 aromatic carbocycles. The largest absolute Gasteiger partial charge is 0.402 e. The summed E-state index contributed by atoms with van der Waals surface area (Å²) in [5, 5.41) is 7.79. The predicted octanol–water partition coefficient (Wildman–Crippen LogP) is 2.45. The first-order chi connectivity index (χ1) is 5.42. The van der Waals surface area contributed by atoms with Gasteiger partial charge in [0.1, 0.15) is 0 Å². The Balaban J connectivity index is 2.81. The maximum atomic E-state index is 7.79. The zero-order valence-corrected chi connectivity index (χ0v) is 8.20. The quantitative estimate of drug-likeness (QED) is 0.570. The summed E-state index contributed by atoms with van der Waals surface area (Å²) in [5.41, 5.74) is 8.64. The van der Waals surface area contributed by atoms with E-state index in [1.165, 1.54) is 0 Å².